The lowest BCUT2D eigenvalue weighted by atomic mass is 9.73. The average Bonchev–Trinajstić information content (AvgIpc) is 3.33. The summed E-state index contributed by atoms with van der Waals surface area (Å²) in [5, 5.41) is 5.48. The van der Waals surface area contributed by atoms with Gasteiger partial charge in [0, 0.05) is 18.9 Å². The lowest BCUT2D eigenvalue weighted by molar-refractivity contribution is -0.137. The minimum atomic E-state index is -0.887. The van der Waals surface area contributed by atoms with Gasteiger partial charge in [-0.05, 0) is 36.5 Å². The summed E-state index contributed by atoms with van der Waals surface area (Å²) in [7, 11) is 0. The summed E-state index contributed by atoms with van der Waals surface area (Å²) in [6, 6.07) is 4.11. The van der Waals surface area contributed by atoms with Gasteiger partial charge in [-0.1, -0.05) is 25.8 Å². The van der Waals surface area contributed by atoms with E-state index in [1.54, 1.807) is 29.1 Å². The molecule has 1 aliphatic carbocycles. The van der Waals surface area contributed by atoms with E-state index in [0.29, 0.717) is 17.7 Å². The zero-order valence-electron chi connectivity index (χ0n) is 16.7. The van der Waals surface area contributed by atoms with Gasteiger partial charge in [0.05, 0.1) is 12.0 Å². The topological polar surface area (TPSA) is 96.3 Å². The molecule has 2 fully saturated rings. The Bertz CT molecular complexity index is 977. The molecule has 1 spiro atoms. The smallest absolute Gasteiger partial charge is 0.325 e. The van der Waals surface area contributed by atoms with E-state index < -0.39 is 23.3 Å². The fourth-order valence-electron chi connectivity index (χ4n) is 4.31. The Morgan fingerprint density at radius 2 is 2.20 bits per heavy atom. The molecule has 2 heterocycles. The SMILES string of the molecule is CC1CCCCC12NC(=O)N(CC(=O)NCc1ccc(-n3ccnc3)c(F)c1)C2=O. The first-order chi connectivity index (χ1) is 14.4. The van der Waals surface area contributed by atoms with Gasteiger partial charge in [0.25, 0.3) is 5.91 Å². The number of amides is 4. The van der Waals surface area contributed by atoms with E-state index in [4.69, 9.17) is 0 Å². The van der Waals surface area contributed by atoms with Gasteiger partial charge in [0.15, 0.2) is 0 Å². The predicted octanol–water partition coefficient (Wildman–Crippen LogP) is 2.13. The Balaban J connectivity index is 1.37. The molecule has 1 saturated heterocycles. The van der Waals surface area contributed by atoms with E-state index in [1.807, 2.05) is 6.92 Å². The number of halogens is 1. The second kappa shape index (κ2) is 7.89. The average molecular weight is 413 g/mol. The molecule has 0 bridgehead atoms. The Morgan fingerprint density at radius 3 is 2.90 bits per heavy atom. The third kappa shape index (κ3) is 3.55. The quantitative estimate of drug-likeness (QED) is 0.734. The molecule has 4 amide bonds. The van der Waals surface area contributed by atoms with Crippen molar-refractivity contribution in [2.75, 3.05) is 6.54 Å². The number of hydrogen-bond donors (Lipinski definition) is 2. The van der Waals surface area contributed by atoms with Crippen molar-refractivity contribution >= 4 is 17.8 Å². The van der Waals surface area contributed by atoms with Crippen molar-refractivity contribution in [2.24, 2.45) is 5.92 Å². The van der Waals surface area contributed by atoms with Crippen LogP contribution >= 0.6 is 0 Å². The maximum Gasteiger partial charge on any atom is 0.325 e. The summed E-state index contributed by atoms with van der Waals surface area (Å²) in [5.74, 6) is -1.21. The van der Waals surface area contributed by atoms with Gasteiger partial charge < -0.3 is 15.2 Å². The monoisotopic (exact) mass is 413 g/mol. The maximum atomic E-state index is 14.3. The molecule has 0 radical (unpaired) electrons. The van der Waals surface area contributed by atoms with Crippen LogP contribution in [0.25, 0.3) is 5.69 Å². The summed E-state index contributed by atoms with van der Waals surface area (Å²) in [4.78, 5) is 42.5. The summed E-state index contributed by atoms with van der Waals surface area (Å²) < 4.78 is 15.9. The molecule has 1 aromatic heterocycles. The van der Waals surface area contributed by atoms with Crippen LogP contribution in [0.15, 0.2) is 36.9 Å². The van der Waals surface area contributed by atoms with Gasteiger partial charge >= 0.3 is 6.03 Å². The van der Waals surface area contributed by atoms with Crippen LogP contribution in [0.4, 0.5) is 9.18 Å². The van der Waals surface area contributed by atoms with Crippen LogP contribution in [-0.4, -0.2) is 44.4 Å². The molecule has 158 valence electrons. The van der Waals surface area contributed by atoms with E-state index in [-0.39, 0.29) is 24.9 Å². The van der Waals surface area contributed by atoms with Crippen molar-refractivity contribution in [3.63, 3.8) is 0 Å². The largest absolute Gasteiger partial charge is 0.350 e. The first-order valence-corrected chi connectivity index (χ1v) is 10.1. The number of imide groups is 1. The number of benzene rings is 1. The zero-order chi connectivity index (χ0) is 21.3. The minimum absolute atomic E-state index is 0.0350. The number of aromatic nitrogens is 2. The summed E-state index contributed by atoms with van der Waals surface area (Å²) in [5.41, 5.74) is 0.0372. The Hall–Kier alpha value is -3.23. The number of nitrogens with one attached hydrogen (secondary N) is 2. The fraction of sp³-hybridized carbons (Fsp3) is 0.429. The van der Waals surface area contributed by atoms with Gasteiger partial charge in [0.2, 0.25) is 5.91 Å². The van der Waals surface area contributed by atoms with Crippen LogP contribution in [0.3, 0.4) is 0 Å². The number of imidazole rings is 1. The lowest BCUT2D eigenvalue weighted by Crippen LogP contribution is -2.54. The van der Waals surface area contributed by atoms with Crippen LogP contribution < -0.4 is 10.6 Å². The van der Waals surface area contributed by atoms with E-state index in [1.165, 1.54) is 12.4 Å². The molecular weight excluding hydrogens is 389 g/mol. The van der Waals surface area contributed by atoms with Gasteiger partial charge in [-0.15, -0.1) is 0 Å². The van der Waals surface area contributed by atoms with Crippen molar-refractivity contribution in [3.05, 3.63) is 48.3 Å². The molecule has 1 saturated carbocycles. The summed E-state index contributed by atoms with van der Waals surface area (Å²) in [6.07, 6.45) is 8.06. The third-order valence-electron chi connectivity index (χ3n) is 6.09. The highest BCUT2D eigenvalue weighted by molar-refractivity contribution is 6.09. The molecule has 2 N–H and O–H groups in total. The van der Waals surface area contributed by atoms with Crippen LogP contribution in [0.5, 0.6) is 0 Å². The van der Waals surface area contributed by atoms with Crippen LogP contribution in [0, 0.1) is 11.7 Å². The van der Waals surface area contributed by atoms with E-state index in [2.05, 4.69) is 15.6 Å². The van der Waals surface area contributed by atoms with Crippen LogP contribution in [0.2, 0.25) is 0 Å². The molecule has 4 rings (SSSR count). The molecule has 2 atom stereocenters. The van der Waals surface area contributed by atoms with Crippen molar-refractivity contribution in [1.29, 1.82) is 0 Å². The summed E-state index contributed by atoms with van der Waals surface area (Å²) in [6.45, 7) is 1.70. The standard InChI is InChI=1S/C21H24FN5O3/c1-14-4-2-3-7-21(14)19(29)27(20(30)25-21)12-18(28)24-11-15-5-6-17(16(22)10-15)26-9-8-23-13-26/h5-6,8-10,13-14H,2-4,7,11-12H2,1H3,(H,24,28)(H,25,30). The first kappa shape index (κ1) is 20.1. The highest BCUT2D eigenvalue weighted by Crippen LogP contribution is 2.38. The number of hydrogen-bond acceptors (Lipinski definition) is 4. The van der Waals surface area contributed by atoms with Crippen LogP contribution in [0.1, 0.15) is 38.2 Å². The van der Waals surface area contributed by atoms with Gasteiger partial charge in [0.1, 0.15) is 17.9 Å². The van der Waals surface area contributed by atoms with Gasteiger partial charge in [-0.2, -0.15) is 0 Å². The minimum Gasteiger partial charge on any atom is -0.350 e. The number of nitrogens with zero attached hydrogens (tertiary/aromatic N) is 3. The van der Waals surface area contributed by atoms with Crippen molar-refractivity contribution in [3.8, 4) is 5.69 Å². The van der Waals surface area contributed by atoms with Gasteiger partial charge in [-0.25, -0.2) is 14.2 Å². The first-order valence-electron chi connectivity index (χ1n) is 10.1. The molecule has 9 heteroatoms. The molecule has 1 aliphatic heterocycles. The van der Waals surface area contributed by atoms with E-state index in [9.17, 15) is 18.8 Å². The number of carbonyl (C=O) groups is 3. The van der Waals surface area contributed by atoms with Crippen LogP contribution in [-0.2, 0) is 16.1 Å². The number of rotatable bonds is 5. The molecular formula is C21H24FN5O3. The molecule has 1 aromatic carbocycles. The number of carbonyl (C=O) groups excluding carboxylic acids is 3. The fourth-order valence-corrected chi connectivity index (χ4v) is 4.31. The molecule has 8 nitrogen and oxygen atoms in total. The maximum absolute atomic E-state index is 14.3. The number of urea groups is 1. The van der Waals surface area contributed by atoms with Crippen molar-refractivity contribution in [1.82, 2.24) is 25.1 Å². The van der Waals surface area contributed by atoms with E-state index in [0.717, 1.165) is 24.2 Å². The molecule has 2 aromatic rings. The second-order valence-electron chi connectivity index (χ2n) is 7.97. The second-order valence-corrected chi connectivity index (χ2v) is 7.97. The lowest BCUT2D eigenvalue weighted by Gasteiger charge is -2.36. The van der Waals surface area contributed by atoms with Crippen molar-refractivity contribution < 1.29 is 18.8 Å². The highest BCUT2D eigenvalue weighted by atomic mass is 19.1. The Labute approximate surface area is 173 Å². The van der Waals surface area contributed by atoms with E-state index >= 15 is 0 Å². The molecule has 2 aliphatic rings. The molecule has 30 heavy (non-hydrogen) atoms. The normalized spacial score (nSPS) is 23.7. The van der Waals surface area contributed by atoms with Gasteiger partial charge in [-0.3, -0.25) is 14.5 Å². The highest BCUT2D eigenvalue weighted by Gasteiger charge is 2.55. The zero-order valence-corrected chi connectivity index (χ0v) is 16.7. The predicted molar refractivity (Wildman–Crippen MR) is 106 cm³/mol. The molecule has 2 unspecified atom stereocenters. The summed E-state index contributed by atoms with van der Waals surface area (Å²) >= 11 is 0. The Morgan fingerprint density at radius 1 is 1.37 bits per heavy atom. The third-order valence-corrected chi connectivity index (χ3v) is 6.09. The Kier molecular flexibility index (Phi) is 5.27. The van der Waals surface area contributed by atoms with Crippen molar-refractivity contribution in [2.45, 2.75) is 44.7 Å².